The van der Waals surface area contributed by atoms with E-state index in [2.05, 4.69) is 5.32 Å². The predicted molar refractivity (Wildman–Crippen MR) is 122 cm³/mol. The molecule has 0 unspecified atom stereocenters. The van der Waals surface area contributed by atoms with Gasteiger partial charge in [0.25, 0.3) is 0 Å². The minimum atomic E-state index is -0.0908. The third kappa shape index (κ3) is 5.03. The second-order valence-electron chi connectivity index (χ2n) is 7.34. The third-order valence-electron chi connectivity index (χ3n) is 5.17. The lowest BCUT2D eigenvalue weighted by Crippen LogP contribution is -2.24. The van der Waals surface area contributed by atoms with Crippen molar-refractivity contribution < 1.29 is 23.4 Å². The summed E-state index contributed by atoms with van der Waals surface area (Å²) in [5.74, 6) is 1.91. The van der Waals surface area contributed by atoms with Crippen LogP contribution < -0.4 is 19.5 Å². The number of ether oxygens (including phenoxy) is 3. The lowest BCUT2D eigenvalue weighted by Gasteiger charge is -2.13. The SMILES string of the molecule is COc1ccc2c(CC(=O)NCc3ccc(OCc4ccccc4)c(OC)c3)coc2c1. The molecular weight excluding hydrogens is 406 g/mol. The van der Waals surface area contributed by atoms with Gasteiger partial charge in [-0.25, -0.2) is 0 Å². The summed E-state index contributed by atoms with van der Waals surface area (Å²) >= 11 is 0. The number of benzene rings is 3. The molecule has 0 saturated carbocycles. The van der Waals surface area contributed by atoms with Gasteiger partial charge < -0.3 is 23.9 Å². The molecule has 1 N–H and O–H groups in total. The molecule has 1 aromatic heterocycles. The zero-order valence-corrected chi connectivity index (χ0v) is 18.1. The van der Waals surface area contributed by atoms with Crippen LogP contribution in [0.4, 0.5) is 0 Å². The van der Waals surface area contributed by atoms with E-state index in [0.29, 0.717) is 36.0 Å². The van der Waals surface area contributed by atoms with Gasteiger partial charge in [-0.3, -0.25) is 4.79 Å². The Bertz CT molecular complexity index is 1200. The predicted octanol–water partition coefficient (Wildman–Crippen LogP) is 4.89. The molecule has 0 spiro atoms. The first-order valence-corrected chi connectivity index (χ1v) is 10.3. The zero-order chi connectivity index (χ0) is 22.3. The van der Waals surface area contributed by atoms with Gasteiger partial charge in [0.05, 0.1) is 26.9 Å². The van der Waals surface area contributed by atoms with Gasteiger partial charge in [0.15, 0.2) is 11.5 Å². The minimum absolute atomic E-state index is 0.0908. The largest absolute Gasteiger partial charge is 0.497 e. The third-order valence-corrected chi connectivity index (χ3v) is 5.17. The van der Waals surface area contributed by atoms with Crippen LogP contribution >= 0.6 is 0 Å². The Hall–Kier alpha value is -3.93. The standard InChI is InChI=1S/C26H25NO5/c1-29-21-9-10-22-20(17-32-24(22)14-21)13-26(28)27-15-19-8-11-23(25(12-19)30-2)31-16-18-6-4-3-5-7-18/h3-12,14,17H,13,15-16H2,1-2H3,(H,27,28). The van der Waals surface area contributed by atoms with Crippen molar-refractivity contribution in [2.45, 2.75) is 19.6 Å². The van der Waals surface area contributed by atoms with Gasteiger partial charge >= 0.3 is 0 Å². The maximum absolute atomic E-state index is 12.5. The average molecular weight is 431 g/mol. The molecule has 0 aliphatic heterocycles. The second-order valence-corrected chi connectivity index (χ2v) is 7.34. The van der Waals surface area contributed by atoms with Crippen molar-refractivity contribution in [1.29, 1.82) is 0 Å². The minimum Gasteiger partial charge on any atom is -0.497 e. The second kappa shape index (κ2) is 9.92. The van der Waals surface area contributed by atoms with Gasteiger partial charge in [0, 0.05) is 23.6 Å². The molecule has 0 atom stereocenters. The Morgan fingerprint density at radius 1 is 0.906 bits per heavy atom. The van der Waals surface area contributed by atoms with E-state index in [1.807, 2.05) is 66.7 Å². The fourth-order valence-electron chi connectivity index (χ4n) is 3.44. The molecule has 0 aliphatic rings. The van der Waals surface area contributed by atoms with Crippen LogP contribution in [0.5, 0.6) is 17.2 Å². The van der Waals surface area contributed by atoms with Crippen LogP contribution in [-0.4, -0.2) is 20.1 Å². The summed E-state index contributed by atoms with van der Waals surface area (Å²) in [5, 5.41) is 3.86. The molecular formula is C26H25NO5. The van der Waals surface area contributed by atoms with E-state index >= 15 is 0 Å². The van der Waals surface area contributed by atoms with Crippen LogP contribution in [-0.2, 0) is 24.4 Å². The highest BCUT2D eigenvalue weighted by atomic mass is 16.5. The molecule has 0 aliphatic carbocycles. The quantitative estimate of drug-likeness (QED) is 0.409. The maximum atomic E-state index is 12.5. The van der Waals surface area contributed by atoms with Crippen LogP contribution in [0.2, 0.25) is 0 Å². The number of fused-ring (bicyclic) bond motifs is 1. The number of furan rings is 1. The summed E-state index contributed by atoms with van der Waals surface area (Å²) in [6.07, 6.45) is 1.85. The number of hydrogen-bond acceptors (Lipinski definition) is 5. The molecule has 3 aromatic carbocycles. The fourth-order valence-corrected chi connectivity index (χ4v) is 3.44. The highest BCUT2D eigenvalue weighted by Crippen LogP contribution is 2.29. The number of carbonyl (C=O) groups excluding carboxylic acids is 1. The van der Waals surface area contributed by atoms with E-state index in [1.54, 1.807) is 20.5 Å². The fraction of sp³-hybridized carbons (Fsp3) is 0.192. The highest BCUT2D eigenvalue weighted by molar-refractivity contribution is 5.88. The molecule has 164 valence electrons. The van der Waals surface area contributed by atoms with Gasteiger partial charge in [0.2, 0.25) is 5.91 Å². The molecule has 4 rings (SSSR count). The molecule has 1 heterocycles. The maximum Gasteiger partial charge on any atom is 0.224 e. The van der Waals surface area contributed by atoms with Gasteiger partial charge in [-0.05, 0) is 35.4 Å². The molecule has 0 fully saturated rings. The zero-order valence-electron chi connectivity index (χ0n) is 18.1. The van der Waals surface area contributed by atoms with Gasteiger partial charge in [-0.1, -0.05) is 36.4 Å². The van der Waals surface area contributed by atoms with E-state index in [9.17, 15) is 4.79 Å². The lowest BCUT2D eigenvalue weighted by atomic mass is 10.1. The summed E-state index contributed by atoms with van der Waals surface area (Å²) in [6, 6.07) is 21.2. The Labute approximate surface area is 186 Å². The van der Waals surface area contributed by atoms with E-state index in [4.69, 9.17) is 18.6 Å². The van der Waals surface area contributed by atoms with Crippen molar-refractivity contribution in [1.82, 2.24) is 5.32 Å². The van der Waals surface area contributed by atoms with Crippen molar-refractivity contribution in [3.05, 3.63) is 89.7 Å². The number of methoxy groups -OCH3 is 2. The molecule has 0 bridgehead atoms. The smallest absolute Gasteiger partial charge is 0.224 e. The van der Waals surface area contributed by atoms with E-state index < -0.39 is 0 Å². The molecule has 6 nitrogen and oxygen atoms in total. The summed E-state index contributed by atoms with van der Waals surface area (Å²) < 4.78 is 22.1. The Balaban J connectivity index is 1.35. The summed E-state index contributed by atoms with van der Waals surface area (Å²) in [4.78, 5) is 12.5. The van der Waals surface area contributed by atoms with Crippen LogP contribution in [0, 0.1) is 0 Å². The van der Waals surface area contributed by atoms with Crippen LogP contribution in [0.25, 0.3) is 11.0 Å². The van der Waals surface area contributed by atoms with Gasteiger partial charge in [-0.2, -0.15) is 0 Å². The van der Waals surface area contributed by atoms with Crippen LogP contribution in [0.15, 0.2) is 77.4 Å². The summed E-state index contributed by atoms with van der Waals surface area (Å²) in [6.45, 7) is 0.843. The number of nitrogens with one attached hydrogen (secondary N) is 1. The van der Waals surface area contributed by atoms with Crippen molar-refractivity contribution >= 4 is 16.9 Å². The number of hydrogen-bond donors (Lipinski definition) is 1. The first-order valence-electron chi connectivity index (χ1n) is 10.3. The van der Waals surface area contributed by atoms with E-state index in [-0.39, 0.29) is 12.3 Å². The van der Waals surface area contributed by atoms with Crippen molar-refractivity contribution in [3.63, 3.8) is 0 Å². The number of rotatable bonds is 9. The van der Waals surface area contributed by atoms with Gasteiger partial charge in [-0.15, -0.1) is 0 Å². The van der Waals surface area contributed by atoms with E-state index in [1.165, 1.54) is 0 Å². The molecule has 1 amide bonds. The van der Waals surface area contributed by atoms with Crippen LogP contribution in [0.1, 0.15) is 16.7 Å². The molecule has 0 radical (unpaired) electrons. The topological polar surface area (TPSA) is 69.9 Å². The van der Waals surface area contributed by atoms with Crippen molar-refractivity contribution in [2.24, 2.45) is 0 Å². The monoisotopic (exact) mass is 431 g/mol. The van der Waals surface area contributed by atoms with Gasteiger partial charge in [0.1, 0.15) is 17.9 Å². The van der Waals surface area contributed by atoms with E-state index in [0.717, 1.165) is 22.1 Å². The molecule has 32 heavy (non-hydrogen) atoms. The number of amides is 1. The van der Waals surface area contributed by atoms with Crippen LogP contribution in [0.3, 0.4) is 0 Å². The van der Waals surface area contributed by atoms with Crippen molar-refractivity contribution in [2.75, 3.05) is 14.2 Å². The summed E-state index contributed by atoms with van der Waals surface area (Å²) in [7, 11) is 3.21. The first kappa shape index (κ1) is 21.3. The molecule has 6 heteroatoms. The first-order chi connectivity index (χ1) is 15.7. The summed E-state index contributed by atoms with van der Waals surface area (Å²) in [5.41, 5.74) is 3.53. The lowest BCUT2D eigenvalue weighted by molar-refractivity contribution is -0.120. The number of carbonyl (C=O) groups is 1. The molecule has 4 aromatic rings. The average Bonchev–Trinajstić information content (AvgIpc) is 3.23. The Morgan fingerprint density at radius 3 is 2.53 bits per heavy atom. The normalized spacial score (nSPS) is 10.7. The Morgan fingerprint density at radius 2 is 1.75 bits per heavy atom. The van der Waals surface area contributed by atoms with Crippen molar-refractivity contribution in [3.8, 4) is 17.2 Å². The highest BCUT2D eigenvalue weighted by Gasteiger charge is 2.12. The molecule has 0 saturated heterocycles. The Kier molecular flexibility index (Phi) is 6.60.